The van der Waals surface area contributed by atoms with Gasteiger partial charge in [0.1, 0.15) is 0 Å². The summed E-state index contributed by atoms with van der Waals surface area (Å²) < 4.78 is 0. The van der Waals surface area contributed by atoms with Crippen LogP contribution in [0.4, 0.5) is 5.95 Å². The Balaban J connectivity index is 2.41. The zero-order valence-electron chi connectivity index (χ0n) is 11.1. The van der Waals surface area contributed by atoms with Crippen LogP contribution in [0.3, 0.4) is 0 Å². The summed E-state index contributed by atoms with van der Waals surface area (Å²) in [5.41, 5.74) is 10.1. The van der Waals surface area contributed by atoms with Crippen molar-refractivity contribution in [2.24, 2.45) is 5.92 Å². The van der Waals surface area contributed by atoms with Gasteiger partial charge in [-0.2, -0.15) is 0 Å². The monoisotopic (exact) mass is 241 g/mol. The third-order valence-electron chi connectivity index (χ3n) is 2.83. The number of hydrogen-bond donors (Lipinski definition) is 1. The molecule has 0 aliphatic rings. The Bertz CT molecular complexity index is 547. The number of nitrogen functional groups attached to an aromatic ring is 1. The maximum atomic E-state index is 5.66. The fraction of sp³-hybridized carbons (Fsp3) is 0.333. The lowest BCUT2D eigenvalue weighted by atomic mass is 9.99. The Labute approximate surface area is 108 Å². The van der Waals surface area contributed by atoms with Gasteiger partial charge in [0.2, 0.25) is 5.95 Å². The Morgan fingerprint density at radius 1 is 1.28 bits per heavy atom. The Hall–Kier alpha value is -1.90. The van der Waals surface area contributed by atoms with E-state index < -0.39 is 0 Å². The van der Waals surface area contributed by atoms with E-state index in [9.17, 15) is 0 Å². The molecule has 2 N–H and O–H groups in total. The van der Waals surface area contributed by atoms with Crippen LogP contribution in [0.5, 0.6) is 0 Å². The van der Waals surface area contributed by atoms with Crippen LogP contribution < -0.4 is 5.73 Å². The third kappa shape index (κ3) is 2.86. The van der Waals surface area contributed by atoms with Crippen molar-refractivity contribution in [1.82, 2.24) is 9.97 Å². The maximum absolute atomic E-state index is 5.66. The summed E-state index contributed by atoms with van der Waals surface area (Å²) in [6, 6.07) is 8.49. The van der Waals surface area contributed by atoms with Crippen LogP contribution >= 0.6 is 0 Å². The van der Waals surface area contributed by atoms with E-state index >= 15 is 0 Å². The van der Waals surface area contributed by atoms with Crippen LogP contribution in [0, 0.1) is 12.8 Å². The van der Waals surface area contributed by atoms with E-state index in [0.717, 1.165) is 23.2 Å². The topological polar surface area (TPSA) is 51.8 Å². The van der Waals surface area contributed by atoms with Gasteiger partial charge in [0.15, 0.2) is 0 Å². The lowest BCUT2D eigenvalue weighted by molar-refractivity contribution is 0.647. The van der Waals surface area contributed by atoms with Gasteiger partial charge < -0.3 is 5.73 Å². The Kier molecular flexibility index (Phi) is 3.60. The largest absolute Gasteiger partial charge is 0.368 e. The molecule has 3 nitrogen and oxygen atoms in total. The van der Waals surface area contributed by atoms with Gasteiger partial charge in [0.25, 0.3) is 0 Å². The minimum absolute atomic E-state index is 0.324. The minimum Gasteiger partial charge on any atom is -0.368 e. The molecule has 1 heterocycles. The normalized spacial score (nSPS) is 10.9. The first-order valence-corrected chi connectivity index (χ1v) is 6.24. The first kappa shape index (κ1) is 12.6. The zero-order valence-corrected chi connectivity index (χ0v) is 11.1. The SMILES string of the molecule is Cc1cnc(N)nc1-c1cccc(CC(C)C)c1. The number of benzene rings is 1. The number of nitrogens with two attached hydrogens (primary N) is 1. The van der Waals surface area contributed by atoms with Crippen molar-refractivity contribution in [3.63, 3.8) is 0 Å². The van der Waals surface area contributed by atoms with E-state index in [4.69, 9.17) is 5.73 Å². The summed E-state index contributed by atoms with van der Waals surface area (Å²) in [6.45, 7) is 6.45. The highest BCUT2D eigenvalue weighted by atomic mass is 15.0. The van der Waals surface area contributed by atoms with Crippen molar-refractivity contribution in [2.75, 3.05) is 5.73 Å². The molecular weight excluding hydrogens is 222 g/mol. The molecule has 2 rings (SSSR count). The van der Waals surface area contributed by atoms with Crippen molar-refractivity contribution < 1.29 is 0 Å². The molecule has 3 heteroatoms. The molecule has 0 radical (unpaired) electrons. The van der Waals surface area contributed by atoms with Gasteiger partial charge in [-0.1, -0.05) is 32.0 Å². The second-order valence-corrected chi connectivity index (χ2v) is 5.06. The van der Waals surface area contributed by atoms with Crippen molar-refractivity contribution in [1.29, 1.82) is 0 Å². The average molecular weight is 241 g/mol. The lowest BCUT2D eigenvalue weighted by Gasteiger charge is -2.09. The summed E-state index contributed by atoms with van der Waals surface area (Å²) in [5.74, 6) is 0.974. The molecule has 0 amide bonds. The van der Waals surface area contributed by atoms with Crippen LogP contribution in [0.15, 0.2) is 30.5 Å². The standard InChI is InChI=1S/C15H19N3/c1-10(2)7-12-5-4-6-13(8-12)14-11(3)9-17-15(16)18-14/h4-6,8-10H,7H2,1-3H3,(H2,16,17,18). The number of aromatic nitrogens is 2. The summed E-state index contributed by atoms with van der Waals surface area (Å²) in [7, 11) is 0. The van der Waals surface area contributed by atoms with E-state index in [1.807, 2.05) is 6.92 Å². The van der Waals surface area contributed by atoms with Crippen molar-refractivity contribution >= 4 is 5.95 Å². The highest BCUT2D eigenvalue weighted by Gasteiger charge is 2.06. The molecule has 1 aromatic heterocycles. The quantitative estimate of drug-likeness (QED) is 0.897. The predicted molar refractivity (Wildman–Crippen MR) is 75.2 cm³/mol. The molecule has 2 aromatic rings. The Morgan fingerprint density at radius 2 is 2.06 bits per heavy atom. The second kappa shape index (κ2) is 5.17. The summed E-state index contributed by atoms with van der Waals surface area (Å²) in [4.78, 5) is 8.33. The molecule has 0 aliphatic carbocycles. The van der Waals surface area contributed by atoms with Gasteiger partial charge in [-0.25, -0.2) is 9.97 Å². The van der Waals surface area contributed by atoms with Gasteiger partial charge >= 0.3 is 0 Å². The number of rotatable bonds is 3. The van der Waals surface area contributed by atoms with Crippen LogP contribution in [-0.2, 0) is 6.42 Å². The van der Waals surface area contributed by atoms with E-state index in [0.29, 0.717) is 11.9 Å². The molecule has 0 saturated carbocycles. The molecule has 0 atom stereocenters. The van der Waals surface area contributed by atoms with Crippen LogP contribution in [0.2, 0.25) is 0 Å². The van der Waals surface area contributed by atoms with Crippen LogP contribution in [-0.4, -0.2) is 9.97 Å². The van der Waals surface area contributed by atoms with Gasteiger partial charge in [0.05, 0.1) is 5.69 Å². The van der Waals surface area contributed by atoms with Gasteiger partial charge in [-0.3, -0.25) is 0 Å². The van der Waals surface area contributed by atoms with Gasteiger partial charge in [0, 0.05) is 11.8 Å². The second-order valence-electron chi connectivity index (χ2n) is 5.06. The Morgan fingerprint density at radius 3 is 2.78 bits per heavy atom. The fourth-order valence-corrected chi connectivity index (χ4v) is 2.06. The molecule has 0 aliphatic heterocycles. The van der Waals surface area contributed by atoms with Crippen molar-refractivity contribution in [3.05, 3.63) is 41.6 Å². The van der Waals surface area contributed by atoms with Crippen molar-refractivity contribution in [2.45, 2.75) is 27.2 Å². The number of nitrogens with zero attached hydrogens (tertiary/aromatic N) is 2. The molecule has 0 bridgehead atoms. The molecule has 1 aromatic carbocycles. The minimum atomic E-state index is 0.324. The molecule has 94 valence electrons. The number of anilines is 1. The number of hydrogen-bond acceptors (Lipinski definition) is 3. The van der Waals surface area contributed by atoms with Crippen LogP contribution in [0.1, 0.15) is 25.0 Å². The van der Waals surface area contributed by atoms with E-state index in [1.165, 1.54) is 5.56 Å². The first-order valence-electron chi connectivity index (χ1n) is 6.24. The number of aryl methyl sites for hydroxylation is 1. The lowest BCUT2D eigenvalue weighted by Crippen LogP contribution is -1.99. The smallest absolute Gasteiger partial charge is 0.220 e. The van der Waals surface area contributed by atoms with Gasteiger partial charge in [-0.15, -0.1) is 0 Å². The molecular formula is C15H19N3. The highest BCUT2D eigenvalue weighted by molar-refractivity contribution is 5.64. The summed E-state index contributed by atoms with van der Waals surface area (Å²) >= 11 is 0. The average Bonchev–Trinajstić information content (AvgIpc) is 2.32. The highest BCUT2D eigenvalue weighted by Crippen LogP contribution is 2.23. The van der Waals surface area contributed by atoms with Crippen molar-refractivity contribution in [3.8, 4) is 11.3 Å². The van der Waals surface area contributed by atoms with E-state index in [1.54, 1.807) is 6.20 Å². The zero-order chi connectivity index (χ0) is 13.1. The summed E-state index contributed by atoms with van der Waals surface area (Å²) in [6.07, 6.45) is 2.85. The molecule has 0 spiro atoms. The molecule has 0 fully saturated rings. The molecule has 0 unspecified atom stereocenters. The van der Waals surface area contributed by atoms with E-state index in [2.05, 4.69) is 48.1 Å². The van der Waals surface area contributed by atoms with Crippen LogP contribution in [0.25, 0.3) is 11.3 Å². The molecule has 18 heavy (non-hydrogen) atoms. The van der Waals surface area contributed by atoms with Gasteiger partial charge in [-0.05, 0) is 36.5 Å². The fourth-order valence-electron chi connectivity index (χ4n) is 2.06. The van der Waals surface area contributed by atoms with E-state index in [-0.39, 0.29) is 0 Å². The third-order valence-corrected chi connectivity index (χ3v) is 2.83. The summed E-state index contributed by atoms with van der Waals surface area (Å²) in [5, 5.41) is 0. The predicted octanol–water partition coefficient (Wildman–Crippen LogP) is 3.23. The molecule has 0 saturated heterocycles. The first-order chi connectivity index (χ1) is 8.56. The maximum Gasteiger partial charge on any atom is 0.220 e.